The van der Waals surface area contributed by atoms with Crippen molar-refractivity contribution in [2.24, 2.45) is 17.8 Å². The topological polar surface area (TPSA) is 18.5 Å². The van der Waals surface area contributed by atoms with Crippen LogP contribution in [0.3, 0.4) is 0 Å². The van der Waals surface area contributed by atoms with Crippen LogP contribution in [0.1, 0.15) is 66.2 Å². The molecule has 20 heavy (non-hydrogen) atoms. The van der Waals surface area contributed by atoms with Crippen molar-refractivity contribution in [2.75, 3.05) is 11.0 Å². The van der Waals surface area contributed by atoms with E-state index >= 15 is 0 Å². The zero-order chi connectivity index (χ0) is 15.0. The van der Waals surface area contributed by atoms with Crippen LogP contribution in [0.15, 0.2) is 0 Å². The molecular weight excluding hydrogens is 363 g/mol. The van der Waals surface area contributed by atoms with Gasteiger partial charge in [-0.15, -0.1) is 0 Å². The molecule has 0 radical (unpaired) electrons. The van der Waals surface area contributed by atoms with Crippen molar-refractivity contribution in [2.45, 2.75) is 78.6 Å². The highest BCUT2D eigenvalue weighted by Crippen LogP contribution is 2.25. The van der Waals surface area contributed by atoms with E-state index in [0.29, 0.717) is 6.10 Å². The molecule has 0 aliphatic carbocycles. The standard InChI is InChI=1S/C17H33IO2/c1-13(10-15(3)12-18)9-14(2)11-16(4)20-17-7-5-6-8-19-17/h13-17H,5-12H2,1-4H3/t13-,14+,15?,16+,17?/m1/s1. The monoisotopic (exact) mass is 396 g/mol. The molecule has 0 amide bonds. The van der Waals surface area contributed by atoms with Gasteiger partial charge in [-0.05, 0) is 63.2 Å². The summed E-state index contributed by atoms with van der Waals surface area (Å²) in [6, 6.07) is 0. The van der Waals surface area contributed by atoms with E-state index in [2.05, 4.69) is 50.3 Å². The van der Waals surface area contributed by atoms with E-state index in [1.54, 1.807) is 0 Å². The van der Waals surface area contributed by atoms with E-state index in [1.807, 2.05) is 0 Å². The van der Waals surface area contributed by atoms with E-state index < -0.39 is 0 Å². The summed E-state index contributed by atoms with van der Waals surface area (Å²) < 4.78 is 13.0. The molecular formula is C17H33IO2. The molecule has 0 aromatic rings. The summed E-state index contributed by atoms with van der Waals surface area (Å²) in [5, 5.41) is 0. The van der Waals surface area contributed by atoms with Crippen molar-refractivity contribution in [3.63, 3.8) is 0 Å². The normalized spacial score (nSPS) is 25.9. The molecule has 1 rings (SSSR count). The van der Waals surface area contributed by atoms with Gasteiger partial charge in [0, 0.05) is 11.0 Å². The van der Waals surface area contributed by atoms with Crippen molar-refractivity contribution >= 4 is 22.6 Å². The molecule has 1 heterocycles. The SMILES string of the molecule is CC(CI)C[C@H](C)C[C@H](C)C[C@H](C)OC1CCCCO1. The smallest absolute Gasteiger partial charge is 0.157 e. The van der Waals surface area contributed by atoms with Crippen molar-refractivity contribution in [3.05, 3.63) is 0 Å². The third-order valence-corrected chi connectivity index (χ3v) is 5.63. The predicted molar refractivity (Wildman–Crippen MR) is 94.4 cm³/mol. The number of hydrogen-bond acceptors (Lipinski definition) is 2. The highest BCUT2D eigenvalue weighted by Gasteiger charge is 2.19. The Labute approximate surface area is 139 Å². The van der Waals surface area contributed by atoms with Gasteiger partial charge in [0.05, 0.1) is 6.10 Å². The number of ether oxygens (including phenoxy) is 2. The van der Waals surface area contributed by atoms with Gasteiger partial charge < -0.3 is 9.47 Å². The molecule has 0 saturated carbocycles. The van der Waals surface area contributed by atoms with E-state index in [1.165, 1.54) is 30.1 Å². The summed E-state index contributed by atoms with van der Waals surface area (Å²) in [6.45, 7) is 10.2. The minimum Gasteiger partial charge on any atom is -0.353 e. The average Bonchev–Trinajstić information content (AvgIpc) is 2.38. The van der Waals surface area contributed by atoms with Gasteiger partial charge in [0.2, 0.25) is 0 Å². The van der Waals surface area contributed by atoms with Crippen LogP contribution in [0.4, 0.5) is 0 Å². The molecule has 0 aromatic carbocycles. The van der Waals surface area contributed by atoms with Gasteiger partial charge in [-0.25, -0.2) is 0 Å². The van der Waals surface area contributed by atoms with E-state index in [-0.39, 0.29) is 6.29 Å². The summed E-state index contributed by atoms with van der Waals surface area (Å²) in [5.74, 6) is 2.42. The summed E-state index contributed by atoms with van der Waals surface area (Å²) in [5.41, 5.74) is 0. The summed E-state index contributed by atoms with van der Waals surface area (Å²) in [4.78, 5) is 0. The Hall–Kier alpha value is 0.650. The lowest BCUT2D eigenvalue weighted by molar-refractivity contribution is -0.187. The maximum atomic E-state index is 6.02. The Morgan fingerprint density at radius 3 is 2.25 bits per heavy atom. The maximum Gasteiger partial charge on any atom is 0.157 e. The molecule has 2 unspecified atom stereocenters. The van der Waals surface area contributed by atoms with Crippen LogP contribution in [0.2, 0.25) is 0 Å². The first kappa shape index (κ1) is 18.7. The second-order valence-corrected chi connectivity index (χ2v) is 7.80. The number of hydrogen-bond donors (Lipinski definition) is 0. The van der Waals surface area contributed by atoms with Crippen LogP contribution in [-0.2, 0) is 9.47 Å². The molecule has 5 atom stereocenters. The maximum absolute atomic E-state index is 6.02. The first-order chi connectivity index (χ1) is 9.51. The summed E-state index contributed by atoms with van der Waals surface area (Å²) >= 11 is 2.50. The average molecular weight is 396 g/mol. The number of rotatable bonds is 9. The number of halogens is 1. The lowest BCUT2D eigenvalue weighted by Crippen LogP contribution is -2.27. The summed E-state index contributed by atoms with van der Waals surface area (Å²) in [7, 11) is 0. The van der Waals surface area contributed by atoms with Crippen LogP contribution in [0, 0.1) is 17.8 Å². The van der Waals surface area contributed by atoms with E-state index in [9.17, 15) is 0 Å². The van der Waals surface area contributed by atoms with Crippen LogP contribution >= 0.6 is 22.6 Å². The predicted octanol–water partition coefficient (Wildman–Crippen LogP) is 5.43. The quantitative estimate of drug-likeness (QED) is 0.382. The Bertz CT molecular complexity index is 241. The largest absolute Gasteiger partial charge is 0.353 e. The fourth-order valence-electron chi connectivity index (χ4n) is 3.33. The molecule has 3 heteroatoms. The summed E-state index contributed by atoms with van der Waals surface area (Å²) in [6.07, 6.45) is 7.72. The molecule has 0 N–H and O–H groups in total. The first-order valence-electron chi connectivity index (χ1n) is 8.34. The fourth-order valence-corrected chi connectivity index (χ4v) is 3.69. The van der Waals surface area contributed by atoms with Crippen molar-refractivity contribution in [1.29, 1.82) is 0 Å². The Balaban J connectivity index is 2.17. The van der Waals surface area contributed by atoms with E-state index in [4.69, 9.17) is 9.47 Å². The van der Waals surface area contributed by atoms with Crippen molar-refractivity contribution in [1.82, 2.24) is 0 Å². The lowest BCUT2D eigenvalue weighted by atomic mass is 9.88. The highest BCUT2D eigenvalue weighted by atomic mass is 127. The van der Waals surface area contributed by atoms with Crippen LogP contribution in [-0.4, -0.2) is 23.4 Å². The number of alkyl halides is 1. The van der Waals surface area contributed by atoms with E-state index in [0.717, 1.165) is 37.2 Å². The zero-order valence-electron chi connectivity index (χ0n) is 13.7. The lowest BCUT2D eigenvalue weighted by Gasteiger charge is -2.28. The van der Waals surface area contributed by atoms with Crippen LogP contribution in [0.5, 0.6) is 0 Å². The van der Waals surface area contributed by atoms with Crippen molar-refractivity contribution < 1.29 is 9.47 Å². The van der Waals surface area contributed by atoms with Crippen LogP contribution < -0.4 is 0 Å². The molecule has 1 fully saturated rings. The minimum absolute atomic E-state index is 0.0578. The molecule has 1 aliphatic rings. The molecule has 0 spiro atoms. The van der Waals surface area contributed by atoms with Gasteiger partial charge in [0.15, 0.2) is 6.29 Å². The Morgan fingerprint density at radius 1 is 1.00 bits per heavy atom. The van der Waals surface area contributed by atoms with Gasteiger partial charge in [0.25, 0.3) is 0 Å². The third kappa shape index (κ3) is 8.18. The molecule has 0 bridgehead atoms. The van der Waals surface area contributed by atoms with Crippen LogP contribution in [0.25, 0.3) is 0 Å². The van der Waals surface area contributed by atoms with Gasteiger partial charge >= 0.3 is 0 Å². The minimum atomic E-state index is 0.0578. The van der Waals surface area contributed by atoms with Gasteiger partial charge in [-0.2, -0.15) is 0 Å². The second-order valence-electron chi connectivity index (χ2n) is 6.92. The Kier molecular flexibility index (Phi) is 9.71. The fraction of sp³-hybridized carbons (Fsp3) is 1.00. The van der Waals surface area contributed by atoms with Gasteiger partial charge in [0.1, 0.15) is 0 Å². The van der Waals surface area contributed by atoms with Gasteiger partial charge in [-0.3, -0.25) is 0 Å². The molecule has 0 aromatic heterocycles. The highest BCUT2D eigenvalue weighted by molar-refractivity contribution is 14.1. The second kappa shape index (κ2) is 10.4. The molecule has 1 saturated heterocycles. The van der Waals surface area contributed by atoms with Gasteiger partial charge in [-0.1, -0.05) is 43.4 Å². The Morgan fingerprint density at radius 2 is 1.65 bits per heavy atom. The molecule has 2 nitrogen and oxygen atoms in total. The molecule has 1 aliphatic heterocycles. The van der Waals surface area contributed by atoms with Crippen molar-refractivity contribution in [3.8, 4) is 0 Å². The first-order valence-corrected chi connectivity index (χ1v) is 9.86. The zero-order valence-corrected chi connectivity index (χ0v) is 15.9. The third-order valence-electron chi connectivity index (χ3n) is 4.13. The molecule has 120 valence electrons.